The molecule has 1 aliphatic rings. The number of carboxylic acid groups (broad SMARTS) is 1. The van der Waals surface area contributed by atoms with Gasteiger partial charge in [-0.1, -0.05) is 25.1 Å². The Bertz CT molecular complexity index is 1850. The molecule has 0 amide bonds. The summed E-state index contributed by atoms with van der Waals surface area (Å²) in [5, 5.41) is 17.4. The van der Waals surface area contributed by atoms with Crippen LogP contribution in [0.3, 0.4) is 0 Å². The van der Waals surface area contributed by atoms with Crippen molar-refractivity contribution < 1.29 is 42.4 Å². The standard InChI is InChI=1S/C31H25F3N2O3.C4H10O.CH2O2/c1-3-21-18(2)16-24-22(29(21)23-8-10-26-28-19(13-15-37-26)12-14-35-30(23)28)9-11-27(36-24)38-17-20-6-4-5-7-25(20)39-31(32,33)34;1-4(2,3)5;2-1-3/h4-12,14,16H,3,13,15,17H2,1-2H3;5H,1-3H3;1H,(H,2,3). The average Bonchev–Trinajstić information content (AvgIpc) is 2.99. The van der Waals surface area contributed by atoms with Gasteiger partial charge in [0.15, 0.2) is 0 Å². The number of halogens is 3. The Morgan fingerprint density at radius 2 is 1.74 bits per heavy atom. The maximum atomic E-state index is 12.8. The summed E-state index contributed by atoms with van der Waals surface area (Å²) in [7, 11) is 0. The summed E-state index contributed by atoms with van der Waals surface area (Å²) in [5.74, 6) is 0.861. The van der Waals surface area contributed by atoms with Crippen LogP contribution in [-0.4, -0.2) is 45.2 Å². The molecule has 0 saturated carbocycles. The third kappa shape index (κ3) is 8.88. The van der Waals surface area contributed by atoms with Gasteiger partial charge in [-0.05, 0) is 92.8 Å². The number of aromatic nitrogens is 2. The Labute approximate surface area is 270 Å². The number of benzene rings is 3. The van der Waals surface area contributed by atoms with E-state index in [0.29, 0.717) is 12.5 Å². The molecule has 0 bridgehead atoms. The number of nitrogens with zero attached hydrogens (tertiary/aromatic N) is 2. The van der Waals surface area contributed by atoms with Crippen molar-refractivity contribution in [3.8, 4) is 28.5 Å². The van der Waals surface area contributed by atoms with E-state index >= 15 is 0 Å². The van der Waals surface area contributed by atoms with Gasteiger partial charge in [0, 0.05) is 40.6 Å². The van der Waals surface area contributed by atoms with Crippen LogP contribution in [0.1, 0.15) is 49.9 Å². The Morgan fingerprint density at radius 3 is 2.43 bits per heavy atom. The molecule has 2 N–H and O–H groups in total. The van der Waals surface area contributed by atoms with Crippen molar-refractivity contribution in [3.05, 3.63) is 89.1 Å². The number of para-hydroxylation sites is 1. The van der Waals surface area contributed by atoms with Gasteiger partial charge in [0.25, 0.3) is 6.47 Å². The first-order valence-corrected chi connectivity index (χ1v) is 15.0. The van der Waals surface area contributed by atoms with E-state index in [0.717, 1.165) is 57.1 Å². The van der Waals surface area contributed by atoms with Crippen LogP contribution in [0, 0.1) is 6.92 Å². The van der Waals surface area contributed by atoms with Crippen LogP contribution in [0.4, 0.5) is 13.2 Å². The molecule has 248 valence electrons. The zero-order valence-electron chi connectivity index (χ0n) is 26.8. The van der Waals surface area contributed by atoms with Gasteiger partial charge >= 0.3 is 6.36 Å². The van der Waals surface area contributed by atoms with Crippen LogP contribution in [-0.2, 0) is 24.2 Å². The first-order chi connectivity index (χ1) is 22.2. The number of pyridine rings is 2. The molecule has 0 aliphatic carbocycles. The highest BCUT2D eigenvalue weighted by molar-refractivity contribution is 6.07. The summed E-state index contributed by atoms with van der Waals surface area (Å²) in [6.07, 6.45) is -1.27. The number of hydrogen-bond acceptors (Lipinski definition) is 7. The molecule has 6 rings (SSSR count). The van der Waals surface area contributed by atoms with Gasteiger partial charge in [-0.3, -0.25) is 9.78 Å². The van der Waals surface area contributed by atoms with Gasteiger partial charge in [-0.25, -0.2) is 4.98 Å². The second-order valence-electron chi connectivity index (χ2n) is 11.7. The van der Waals surface area contributed by atoms with Gasteiger partial charge in [0.2, 0.25) is 5.88 Å². The zero-order valence-corrected chi connectivity index (χ0v) is 26.8. The Morgan fingerprint density at radius 1 is 1.04 bits per heavy atom. The molecule has 3 aromatic carbocycles. The Kier molecular flexibility index (Phi) is 10.9. The van der Waals surface area contributed by atoms with E-state index in [1.807, 2.05) is 24.4 Å². The molecule has 8 nitrogen and oxygen atoms in total. The van der Waals surface area contributed by atoms with Crippen molar-refractivity contribution in [2.75, 3.05) is 6.61 Å². The van der Waals surface area contributed by atoms with Crippen LogP contribution in [0.5, 0.6) is 17.4 Å². The topological polar surface area (TPSA) is 111 Å². The number of rotatable bonds is 6. The Hall–Kier alpha value is -4.90. The van der Waals surface area contributed by atoms with E-state index in [1.165, 1.54) is 29.3 Å². The molecule has 2 aromatic heterocycles. The summed E-state index contributed by atoms with van der Waals surface area (Å²) in [4.78, 5) is 17.9. The van der Waals surface area contributed by atoms with Gasteiger partial charge in [0.1, 0.15) is 18.1 Å². The highest BCUT2D eigenvalue weighted by Gasteiger charge is 2.32. The third-order valence-electron chi connectivity index (χ3n) is 7.07. The van der Waals surface area contributed by atoms with E-state index in [2.05, 4.69) is 30.7 Å². The van der Waals surface area contributed by atoms with Crippen LogP contribution < -0.4 is 14.2 Å². The van der Waals surface area contributed by atoms with Gasteiger partial charge in [0.05, 0.1) is 23.2 Å². The van der Waals surface area contributed by atoms with Crippen molar-refractivity contribution in [1.82, 2.24) is 9.97 Å². The van der Waals surface area contributed by atoms with Crippen LogP contribution in [0.15, 0.2) is 66.9 Å². The fraction of sp³-hybridized carbons (Fsp3) is 0.306. The maximum Gasteiger partial charge on any atom is 0.573 e. The Balaban J connectivity index is 0.000000564. The number of carbonyl (C=O) groups is 1. The van der Waals surface area contributed by atoms with Gasteiger partial charge in [-0.2, -0.15) is 0 Å². The number of alkyl halides is 3. The molecule has 0 saturated heterocycles. The molecule has 11 heteroatoms. The lowest BCUT2D eigenvalue weighted by atomic mass is 9.88. The molecule has 0 fully saturated rings. The van der Waals surface area contributed by atoms with Crippen molar-refractivity contribution >= 4 is 28.3 Å². The SMILES string of the molecule is CC(C)(C)O.CCc1c(C)cc2nc(OCc3ccccc3OC(F)(F)F)ccc2c1-c1ccc2c3c(ccnc13)CCO2.O=CO. The average molecular weight is 651 g/mol. The molecule has 0 atom stereocenters. The first-order valence-electron chi connectivity index (χ1n) is 15.0. The predicted octanol–water partition coefficient (Wildman–Crippen LogP) is 8.21. The smallest absolute Gasteiger partial charge is 0.493 e. The summed E-state index contributed by atoms with van der Waals surface area (Å²) in [6.45, 7) is 9.70. The van der Waals surface area contributed by atoms with E-state index in [4.69, 9.17) is 34.4 Å². The summed E-state index contributed by atoms with van der Waals surface area (Å²) >= 11 is 0. The normalized spacial score (nSPS) is 12.3. The minimum absolute atomic E-state index is 0.123. The number of aliphatic hydroxyl groups is 1. The van der Waals surface area contributed by atoms with Crippen molar-refractivity contribution in [2.45, 2.75) is 66.0 Å². The molecule has 5 aromatic rings. The van der Waals surface area contributed by atoms with E-state index in [1.54, 1.807) is 32.9 Å². The number of fused-ring (bicyclic) bond motifs is 1. The maximum absolute atomic E-state index is 12.8. The third-order valence-corrected chi connectivity index (χ3v) is 7.07. The molecule has 47 heavy (non-hydrogen) atoms. The fourth-order valence-electron chi connectivity index (χ4n) is 5.38. The monoisotopic (exact) mass is 650 g/mol. The van der Waals surface area contributed by atoms with Gasteiger partial charge < -0.3 is 24.4 Å². The van der Waals surface area contributed by atoms with Crippen molar-refractivity contribution in [2.24, 2.45) is 0 Å². The zero-order chi connectivity index (χ0) is 34.4. The highest BCUT2D eigenvalue weighted by Crippen LogP contribution is 2.42. The molecule has 0 radical (unpaired) electrons. The molecular weight excluding hydrogens is 613 g/mol. The predicted molar refractivity (Wildman–Crippen MR) is 174 cm³/mol. The molecule has 1 aliphatic heterocycles. The summed E-state index contributed by atoms with van der Waals surface area (Å²) in [6, 6.07) is 17.8. The minimum atomic E-state index is -4.79. The van der Waals surface area contributed by atoms with Crippen LogP contribution in [0.25, 0.3) is 32.9 Å². The second-order valence-corrected chi connectivity index (χ2v) is 11.7. The lowest BCUT2D eigenvalue weighted by molar-refractivity contribution is -0.275. The lowest BCUT2D eigenvalue weighted by Gasteiger charge is -2.21. The minimum Gasteiger partial charge on any atom is -0.493 e. The molecular formula is C36H37F3N2O6. The number of ether oxygens (including phenoxy) is 3. The quantitative estimate of drug-likeness (QED) is 0.177. The summed E-state index contributed by atoms with van der Waals surface area (Å²) in [5.41, 5.74) is 6.99. The van der Waals surface area contributed by atoms with E-state index in [9.17, 15) is 13.2 Å². The molecule has 0 spiro atoms. The molecule has 3 heterocycles. The second kappa shape index (κ2) is 14.7. The molecule has 0 unspecified atom stereocenters. The van der Waals surface area contributed by atoms with E-state index < -0.39 is 12.0 Å². The number of hydrogen-bond donors (Lipinski definition) is 2. The first kappa shape index (κ1) is 35.0. The largest absolute Gasteiger partial charge is 0.573 e. The van der Waals surface area contributed by atoms with E-state index in [-0.39, 0.29) is 24.4 Å². The fourth-order valence-corrected chi connectivity index (χ4v) is 5.38. The van der Waals surface area contributed by atoms with Crippen LogP contribution in [0.2, 0.25) is 0 Å². The highest BCUT2D eigenvalue weighted by atomic mass is 19.4. The van der Waals surface area contributed by atoms with Gasteiger partial charge in [-0.15, -0.1) is 13.2 Å². The van der Waals surface area contributed by atoms with Crippen LogP contribution >= 0.6 is 0 Å². The van der Waals surface area contributed by atoms with Crippen molar-refractivity contribution in [3.63, 3.8) is 0 Å². The lowest BCUT2D eigenvalue weighted by Crippen LogP contribution is -2.18. The summed E-state index contributed by atoms with van der Waals surface area (Å²) < 4.78 is 54.4. The number of aryl methyl sites for hydroxylation is 1. The van der Waals surface area contributed by atoms with Crippen molar-refractivity contribution in [1.29, 1.82) is 0 Å².